The quantitative estimate of drug-likeness (QED) is 0.720. The van der Waals surface area contributed by atoms with Crippen molar-refractivity contribution in [1.29, 1.82) is 0 Å². The van der Waals surface area contributed by atoms with Crippen LogP contribution in [0.25, 0.3) is 0 Å². The topological polar surface area (TPSA) is 24.9 Å². The second-order valence-electron chi connectivity index (χ2n) is 7.86. The molecule has 0 radical (unpaired) electrons. The van der Waals surface area contributed by atoms with Crippen molar-refractivity contribution in [2.75, 3.05) is 39.5 Å². The maximum absolute atomic E-state index is 5.62. The van der Waals surface area contributed by atoms with Gasteiger partial charge in [-0.2, -0.15) is 0 Å². The number of nitrogens with zero attached hydrogens (tertiary/aromatic N) is 2. The molecule has 1 aromatic carbocycles. The summed E-state index contributed by atoms with van der Waals surface area (Å²) >= 11 is 0. The summed E-state index contributed by atoms with van der Waals surface area (Å²) in [5.41, 5.74) is 1.35. The van der Waals surface area contributed by atoms with E-state index in [1.54, 1.807) is 0 Å². The van der Waals surface area contributed by atoms with Gasteiger partial charge in [0, 0.05) is 51.5 Å². The largest absolute Gasteiger partial charge is 0.494 e. The third kappa shape index (κ3) is 5.19. The molecular formula is C21H34N2O2. The van der Waals surface area contributed by atoms with E-state index in [9.17, 15) is 0 Å². The van der Waals surface area contributed by atoms with E-state index in [4.69, 9.17) is 9.47 Å². The van der Waals surface area contributed by atoms with Gasteiger partial charge in [-0.25, -0.2) is 0 Å². The second kappa shape index (κ2) is 9.02. The molecule has 2 aliphatic heterocycles. The van der Waals surface area contributed by atoms with Crippen LogP contribution in [0.5, 0.6) is 5.75 Å². The molecule has 0 spiro atoms. The smallest absolute Gasteiger partial charge is 0.119 e. The normalized spacial score (nSPS) is 20.2. The summed E-state index contributed by atoms with van der Waals surface area (Å²) in [7, 11) is 0. The lowest BCUT2D eigenvalue weighted by Crippen LogP contribution is -2.62. The minimum absolute atomic E-state index is 0.709. The maximum Gasteiger partial charge on any atom is 0.119 e. The number of likely N-dealkylation sites (tertiary alicyclic amines) is 1. The molecule has 0 atom stereocenters. The average Bonchev–Trinajstić information content (AvgIpc) is 2.57. The Hall–Kier alpha value is -1.10. The molecule has 0 amide bonds. The van der Waals surface area contributed by atoms with Crippen LogP contribution in [0.1, 0.15) is 39.2 Å². The van der Waals surface area contributed by atoms with Crippen molar-refractivity contribution in [3.8, 4) is 5.75 Å². The Morgan fingerprint density at radius 2 is 1.96 bits per heavy atom. The van der Waals surface area contributed by atoms with E-state index >= 15 is 0 Å². The van der Waals surface area contributed by atoms with E-state index in [-0.39, 0.29) is 0 Å². The van der Waals surface area contributed by atoms with Crippen molar-refractivity contribution in [1.82, 2.24) is 9.80 Å². The predicted molar refractivity (Wildman–Crippen MR) is 102 cm³/mol. The lowest BCUT2D eigenvalue weighted by atomic mass is 9.97. The van der Waals surface area contributed by atoms with E-state index in [1.165, 1.54) is 38.0 Å². The molecule has 0 bridgehead atoms. The van der Waals surface area contributed by atoms with Crippen molar-refractivity contribution in [3.63, 3.8) is 0 Å². The van der Waals surface area contributed by atoms with Crippen LogP contribution in [0.2, 0.25) is 0 Å². The highest BCUT2D eigenvalue weighted by Gasteiger charge is 2.36. The third-order valence-corrected chi connectivity index (χ3v) is 5.26. The van der Waals surface area contributed by atoms with Crippen molar-refractivity contribution in [2.24, 2.45) is 5.92 Å². The molecule has 2 aliphatic rings. The summed E-state index contributed by atoms with van der Waals surface area (Å²) < 4.78 is 11.2. The van der Waals surface area contributed by atoms with Gasteiger partial charge in [-0.1, -0.05) is 26.0 Å². The van der Waals surface area contributed by atoms with E-state index in [2.05, 4.69) is 41.8 Å². The monoisotopic (exact) mass is 346 g/mol. The molecule has 140 valence electrons. The molecule has 2 saturated heterocycles. The molecule has 3 rings (SSSR count). The van der Waals surface area contributed by atoms with Crippen LogP contribution in [0, 0.1) is 5.92 Å². The third-order valence-electron chi connectivity index (χ3n) is 5.26. The number of benzene rings is 1. The van der Waals surface area contributed by atoms with Crippen LogP contribution in [0.3, 0.4) is 0 Å². The number of ether oxygens (including phenoxy) is 2. The van der Waals surface area contributed by atoms with Crippen LogP contribution in [-0.2, 0) is 11.3 Å². The molecular weight excluding hydrogens is 312 g/mol. The fraction of sp³-hybridized carbons (Fsp3) is 0.714. The molecule has 2 fully saturated rings. The van der Waals surface area contributed by atoms with Crippen LogP contribution < -0.4 is 4.74 Å². The summed E-state index contributed by atoms with van der Waals surface area (Å²) in [6.45, 7) is 13.9. The van der Waals surface area contributed by atoms with Crippen LogP contribution in [0.15, 0.2) is 24.3 Å². The van der Waals surface area contributed by atoms with Gasteiger partial charge in [0.2, 0.25) is 0 Å². The Labute approximate surface area is 153 Å². The molecule has 0 aliphatic carbocycles. The average molecular weight is 347 g/mol. The first kappa shape index (κ1) is 18.7. The van der Waals surface area contributed by atoms with Crippen molar-refractivity contribution < 1.29 is 9.47 Å². The Kier molecular flexibility index (Phi) is 6.74. The molecule has 0 unspecified atom stereocenters. The molecule has 4 heteroatoms. The fourth-order valence-electron chi connectivity index (χ4n) is 4.07. The van der Waals surface area contributed by atoms with Crippen LogP contribution in [0.4, 0.5) is 0 Å². The Morgan fingerprint density at radius 3 is 2.64 bits per heavy atom. The van der Waals surface area contributed by atoms with E-state index in [0.29, 0.717) is 12.1 Å². The van der Waals surface area contributed by atoms with Gasteiger partial charge in [0.05, 0.1) is 6.61 Å². The zero-order valence-corrected chi connectivity index (χ0v) is 16.1. The zero-order valence-electron chi connectivity index (χ0n) is 16.1. The van der Waals surface area contributed by atoms with Gasteiger partial charge < -0.3 is 9.47 Å². The second-order valence-corrected chi connectivity index (χ2v) is 7.86. The van der Waals surface area contributed by atoms with Crippen LogP contribution in [-0.4, -0.2) is 61.3 Å². The Morgan fingerprint density at radius 1 is 1.20 bits per heavy atom. The number of hydrogen-bond donors (Lipinski definition) is 0. The van der Waals surface area contributed by atoms with Gasteiger partial charge >= 0.3 is 0 Å². The highest BCUT2D eigenvalue weighted by molar-refractivity contribution is 5.28. The van der Waals surface area contributed by atoms with Crippen LogP contribution >= 0.6 is 0 Å². The summed E-state index contributed by atoms with van der Waals surface area (Å²) in [5, 5.41) is 0. The summed E-state index contributed by atoms with van der Waals surface area (Å²) in [6.07, 6.45) is 2.39. The Balaban J connectivity index is 1.53. The minimum atomic E-state index is 0.709. The maximum atomic E-state index is 5.62. The molecule has 25 heavy (non-hydrogen) atoms. The molecule has 0 saturated carbocycles. The van der Waals surface area contributed by atoms with Gasteiger partial charge in [0.1, 0.15) is 5.75 Å². The van der Waals surface area contributed by atoms with Crippen molar-refractivity contribution >= 4 is 0 Å². The molecule has 2 heterocycles. The zero-order chi connectivity index (χ0) is 17.6. The number of hydrogen-bond acceptors (Lipinski definition) is 4. The minimum Gasteiger partial charge on any atom is -0.494 e. The van der Waals surface area contributed by atoms with E-state index in [0.717, 1.165) is 38.0 Å². The van der Waals surface area contributed by atoms with Gasteiger partial charge in [-0.05, 0) is 43.4 Å². The standard InChI is InChI=1S/C21H34N2O2/c1-4-25-21-7-5-6-18(12-21)14-22-15-20(16-22)23(13-17(2)3)19-8-10-24-11-9-19/h5-7,12,17,19-20H,4,8-11,13-16H2,1-3H3. The molecule has 4 nitrogen and oxygen atoms in total. The molecule has 0 aromatic heterocycles. The Bertz CT molecular complexity index is 522. The van der Waals surface area contributed by atoms with Crippen molar-refractivity contribution in [3.05, 3.63) is 29.8 Å². The van der Waals surface area contributed by atoms with Crippen molar-refractivity contribution in [2.45, 2.75) is 52.2 Å². The lowest BCUT2D eigenvalue weighted by molar-refractivity contribution is -0.0383. The first-order valence-corrected chi connectivity index (χ1v) is 9.93. The fourth-order valence-corrected chi connectivity index (χ4v) is 4.07. The lowest BCUT2D eigenvalue weighted by Gasteiger charge is -2.49. The van der Waals surface area contributed by atoms with E-state index < -0.39 is 0 Å². The van der Waals surface area contributed by atoms with Gasteiger partial charge in [0.15, 0.2) is 0 Å². The summed E-state index contributed by atoms with van der Waals surface area (Å²) in [4.78, 5) is 5.34. The SMILES string of the molecule is CCOc1cccc(CN2CC(N(CC(C)C)C3CCOCC3)C2)c1. The number of rotatable bonds is 8. The predicted octanol–water partition coefficient (Wildman–Crippen LogP) is 3.41. The summed E-state index contributed by atoms with van der Waals surface area (Å²) in [6, 6.07) is 9.96. The van der Waals surface area contributed by atoms with E-state index in [1.807, 2.05) is 13.0 Å². The first-order chi connectivity index (χ1) is 12.2. The first-order valence-electron chi connectivity index (χ1n) is 9.93. The summed E-state index contributed by atoms with van der Waals surface area (Å²) in [5.74, 6) is 1.71. The van der Waals surface area contributed by atoms with Gasteiger partial charge in [0.25, 0.3) is 0 Å². The molecule has 1 aromatic rings. The van der Waals surface area contributed by atoms with Gasteiger partial charge in [-0.3, -0.25) is 9.80 Å². The van der Waals surface area contributed by atoms with Gasteiger partial charge in [-0.15, -0.1) is 0 Å². The molecule has 0 N–H and O–H groups in total. The highest BCUT2D eigenvalue weighted by Crippen LogP contribution is 2.26. The highest BCUT2D eigenvalue weighted by atomic mass is 16.5.